The Morgan fingerprint density at radius 1 is 1.05 bits per heavy atom. The van der Waals surface area contributed by atoms with Crippen LogP contribution in [0.25, 0.3) is 11.6 Å². The maximum Gasteiger partial charge on any atom is 0.270 e. The number of nitrogens with zero attached hydrogens (tertiary/aromatic N) is 8. The Balaban J connectivity index is 1.26. The summed E-state index contributed by atoms with van der Waals surface area (Å²) in [6, 6.07) is 4.00. The maximum absolute atomic E-state index is 13.1. The van der Waals surface area contributed by atoms with E-state index in [-0.39, 0.29) is 45.8 Å². The molecule has 12 nitrogen and oxygen atoms in total. The van der Waals surface area contributed by atoms with Crippen molar-refractivity contribution >= 4 is 46.6 Å². The summed E-state index contributed by atoms with van der Waals surface area (Å²) in [6.45, 7) is 9.26. The van der Waals surface area contributed by atoms with Crippen LogP contribution < -0.4 is 16.4 Å². The molecule has 2 aliphatic rings. The highest BCUT2D eigenvalue weighted by Crippen LogP contribution is 2.34. The van der Waals surface area contributed by atoms with Crippen LogP contribution in [0.15, 0.2) is 16.5 Å². The van der Waals surface area contributed by atoms with Gasteiger partial charge in [-0.2, -0.15) is 0 Å². The summed E-state index contributed by atoms with van der Waals surface area (Å²) in [4.78, 5) is 32.9. The number of aromatic nitrogens is 5. The number of nitrogens with two attached hydrogens (primary N) is 2. The van der Waals surface area contributed by atoms with E-state index < -0.39 is 0 Å². The molecule has 14 heteroatoms. The molecule has 2 fully saturated rings. The minimum absolute atomic E-state index is 0.105. The number of pyridine rings is 1. The van der Waals surface area contributed by atoms with Crippen molar-refractivity contribution < 1.29 is 9.21 Å². The molecule has 0 aliphatic carbocycles. The molecule has 3 aromatic heterocycles. The third kappa shape index (κ3) is 6.05. The van der Waals surface area contributed by atoms with Gasteiger partial charge < -0.3 is 25.7 Å². The standard InChI is InChI=1S/C27H36Cl2N10O2/c1-4-6-20-35-36-26(41-20)21-24(31)34-25(22(29)33-21)38-14-16(5-2)39(13-15(38)3)17-9-11-37(12-10-17)27(40)18-7-8-19(28)32-23(18)30/h7-8,15-17H,4-6,9-14H2,1-3H3,(H2,30,32)(H2,31,34)/t15-,16+/m1/s1. The summed E-state index contributed by atoms with van der Waals surface area (Å²) in [6.07, 6.45) is 4.27. The first-order chi connectivity index (χ1) is 19.7. The molecule has 220 valence electrons. The topological polar surface area (TPSA) is 156 Å². The van der Waals surface area contributed by atoms with E-state index in [4.69, 9.17) is 39.1 Å². The van der Waals surface area contributed by atoms with E-state index in [9.17, 15) is 4.79 Å². The molecular formula is C27H36Cl2N10O2. The molecule has 3 aromatic rings. The highest BCUT2D eigenvalue weighted by atomic mass is 35.5. The molecule has 0 unspecified atom stereocenters. The Labute approximate surface area is 249 Å². The van der Waals surface area contributed by atoms with Crippen LogP contribution in [0.4, 0.5) is 17.5 Å². The van der Waals surface area contributed by atoms with Gasteiger partial charge in [0.15, 0.2) is 22.5 Å². The van der Waals surface area contributed by atoms with Crippen molar-refractivity contribution in [3.8, 4) is 11.6 Å². The summed E-state index contributed by atoms with van der Waals surface area (Å²) in [5.74, 6) is 1.56. The van der Waals surface area contributed by atoms with E-state index in [0.717, 1.165) is 38.8 Å². The molecule has 5 rings (SSSR count). The molecule has 0 radical (unpaired) electrons. The summed E-state index contributed by atoms with van der Waals surface area (Å²) in [5, 5.41) is 8.65. The van der Waals surface area contributed by atoms with Crippen LogP contribution >= 0.6 is 23.2 Å². The Bertz CT molecular complexity index is 1390. The Morgan fingerprint density at radius 2 is 1.80 bits per heavy atom. The van der Waals surface area contributed by atoms with Gasteiger partial charge in [0.25, 0.3) is 11.8 Å². The lowest BCUT2D eigenvalue weighted by molar-refractivity contribution is 0.0435. The lowest BCUT2D eigenvalue weighted by Crippen LogP contribution is -2.62. The summed E-state index contributed by atoms with van der Waals surface area (Å²) >= 11 is 12.6. The molecule has 0 spiro atoms. The molecule has 5 heterocycles. The van der Waals surface area contributed by atoms with E-state index in [1.807, 2.05) is 11.8 Å². The number of rotatable bonds is 7. The second-order valence-electron chi connectivity index (χ2n) is 10.7. The highest BCUT2D eigenvalue weighted by molar-refractivity contribution is 6.32. The van der Waals surface area contributed by atoms with Crippen molar-refractivity contribution in [1.29, 1.82) is 0 Å². The molecule has 0 saturated carbocycles. The quantitative estimate of drug-likeness (QED) is 0.377. The van der Waals surface area contributed by atoms with Gasteiger partial charge in [-0.15, -0.1) is 10.2 Å². The number of nitrogen functional groups attached to an aromatic ring is 2. The zero-order chi connectivity index (χ0) is 29.3. The molecule has 41 heavy (non-hydrogen) atoms. The van der Waals surface area contributed by atoms with Crippen molar-refractivity contribution in [3.05, 3.63) is 33.9 Å². The molecule has 0 bridgehead atoms. The monoisotopic (exact) mass is 602 g/mol. The fraction of sp³-hybridized carbons (Fsp3) is 0.556. The van der Waals surface area contributed by atoms with E-state index in [1.165, 1.54) is 0 Å². The summed E-state index contributed by atoms with van der Waals surface area (Å²) in [7, 11) is 0. The number of aryl methyl sites for hydroxylation is 1. The summed E-state index contributed by atoms with van der Waals surface area (Å²) < 4.78 is 5.70. The van der Waals surface area contributed by atoms with Gasteiger partial charge in [0.2, 0.25) is 5.89 Å². The van der Waals surface area contributed by atoms with Gasteiger partial charge in [0.1, 0.15) is 11.0 Å². The zero-order valence-electron chi connectivity index (χ0n) is 23.6. The minimum Gasteiger partial charge on any atom is -0.419 e. The average molecular weight is 604 g/mol. The fourth-order valence-corrected chi connectivity index (χ4v) is 6.18. The number of amides is 1. The fourth-order valence-electron chi connectivity index (χ4n) is 5.80. The lowest BCUT2D eigenvalue weighted by Gasteiger charge is -2.50. The average Bonchev–Trinajstić information content (AvgIpc) is 3.42. The number of carbonyl (C=O) groups excluding carboxylic acids is 1. The minimum atomic E-state index is -0.105. The molecule has 1 amide bonds. The number of anilines is 3. The largest absolute Gasteiger partial charge is 0.419 e. The number of likely N-dealkylation sites (tertiary alicyclic amines) is 1. The number of carbonyl (C=O) groups is 1. The van der Waals surface area contributed by atoms with Crippen LogP contribution in [0.1, 0.15) is 62.7 Å². The first-order valence-corrected chi connectivity index (χ1v) is 14.8. The predicted octanol–water partition coefficient (Wildman–Crippen LogP) is 3.94. The van der Waals surface area contributed by atoms with Gasteiger partial charge in [-0.3, -0.25) is 9.69 Å². The van der Waals surface area contributed by atoms with E-state index in [0.29, 0.717) is 48.5 Å². The third-order valence-corrected chi connectivity index (χ3v) is 8.43. The Morgan fingerprint density at radius 3 is 2.49 bits per heavy atom. The van der Waals surface area contributed by atoms with Crippen molar-refractivity contribution in [1.82, 2.24) is 34.9 Å². The Kier molecular flexibility index (Phi) is 8.81. The lowest BCUT2D eigenvalue weighted by atomic mass is 9.96. The Hall–Kier alpha value is -3.22. The van der Waals surface area contributed by atoms with Crippen LogP contribution in [0.3, 0.4) is 0 Å². The van der Waals surface area contributed by atoms with Crippen LogP contribution in [0.5, 0.6) is 0 Å². The SMILES string of the molecule is CCCc1nnc(-c2nc(Cl)c(N3C[C@H](CC)N(C4CCN(C(=O)c5ccc(Cl)nc5N)CC4)C[C@H]3C)nc2N)o1. The van der Waals surface area contributed by atoms with E-state index >= 15 is 0 Å². The van der Waals surface area contributed by atoms with Crippen molar-refractivity contribution in [2.45, 2.75) is 71.0 Å². The van der Waals surface area contributed by atoms with Crippen LogP contribution in [-0.2, 0) is 6.42 Å². The zero-order valence-corrected chi connectivity index (χ0v) is 25.1. The molecule has 2 saturated heterocycles. The van der Waals surface area contributed by atoms with Crippen LogP contribution in [0, 0.1) is 0 Å². The molecule has 4 N–H and O–H groups in total. The van der Waals surface area contributed by atoms with Gasteiger partial charge >= 0.3 is 0 Å². The number of piperazine rings is 1. The van der Waals surface area contributed by atoms with Crippen LogP contribution in [-0.4, -0.2) is 85.2 Å². The molecular weight excluding hydrogens is 567 g/mol. The number of halogens is 2. The van der Waals surface area contributed by atoms with Crippen LogP contribution in [0.2, 0.25) is 10.3 Å². The molecule has 2 aliphatic heterocycles. The highest BCUT2D eigenvalue weighted by Gasteiger charge is 2.38. The third-order valence-electron chi connectivity index (χ3n) is 7.97. The summed E-state index contributed by atoms with van der Waals surface area (Å²) in [5.41, 5.74) is 13.0. The number of hydrogen-bond acceptors (Lipinski definition) is 11. The maximum atomic E-state index is 13.1. The normalized spacial score (nSPS) is 20.5. The molecule has 2 atom stereocenters. The van der Waals surface area contributed by atoms with Gasteiger partial charge in [-0.25, -0.2) is 15.0 Å². The smallest absolute Gasteiger partial charge is 0.270 e. The van der Waals surface area contributed by atoms with Gasteiger partial charge in [0.05, 0.1) is 5.56 Å². The molecule has 0 aromatic carbocycles. The predicted molar refractivity (Wildman–Crippen MR) is 159 cm³/mol. The van der Waals surface area contributed by atoms with Gasteiger partial charge in [-0.1, -0.05) is 37.0 Å². The number of piperidine rings is 1. The van der Waals surface area contributed by atoms with Gasteiger partial charge in [0, 0.05) is 50.7 Å². The van der Waals surface area contributed by atoms with Gasteiger partial charge in [-0.05, 0) is 44.7 Å². The van der Waals surface area contributed by atoms with Crippen molar-refractivity contribution in [3.63, 3.8) is 0 Å². The van der Waals surface area contributed by atoms with E-state index in [2.05, 4.69) is 48.8 Å². The first kappa shape index (κ1) is 29.3. The van der Waals surface area contributed by atoms with E-state index in [1.54, 1.807) is 12.1 Å². The first-order valence-electron chi connectivity index (χ1n) is 14.1. The second kappa shape index (κ2) is 12.3. The van der Waals surface area contributed by atoms with Crippen molar-refractivity contribution in [2.24, 2.45) is 0 Å². The number of hydrogen-bond donors (Lipinski definition) is 2. The van der Waals surface area contributed by atoms with Crippen molar-refractivity contribution in [2.75, 3.05) is 42.5 Å². The second-order valence-corrected chi connectivity index (χ2v) is 11.4.